The molecule has 2 aromatic rings. The number of aromatic amines is 1. The summed E-state index contributed by atoms with van der Waals surface area (Å²) in [4.78, 5) is 14.5. The van der Waals surface area contributed by atoms with Crippen molar-refractivity contribution < 1.29 is 4.42 Å². The van der Waals surface area contributed by atoms with Crippen molar-refractivity contribution in [2.45, 2.75) is 11.8 Å². The number of nitrogens with one attached hydrogen (secondary N) is 1. The molecule has 2 rings (SSSR count). The van der Waals surface area contributed by atoms with Crippen molar-refractivity contribution in [3.05, 3.63) is 28.7 Å². The fraction of sp³-hybridized carbons (Fsp3) is 0.222. The zero-order valence-electron chi connectivity index (χ0n) is 7.16. The molecule has 0 unspecified atom stereocenters. The van der Waals surface area contributed by atoms with E-state index < -0.39 is 5.76 Å². The molecule has 0 saturated heterocycles. The summed E-state index contributed by atoms with van der Waals surface area (Å²) in [5, 5.41) is 0. The molecule has 0 fully saturated rings. The van der Waals surface area contributed by atoms with E-state index >= 15 is 0 Å². The fourth-order valence-electron chi connectivity index (χ4n) is 1.18. The molecule has 4 heteroatoms. The SMILES string of the molecule is CCSc1ccc2[nH]c(=O)oc2c1. The van der Waals surface area contributed by atoms with Gasteiger partial charge in [-0.05, 0) is 24.0 Å². The van der Waals surface area contributed by atoms with Crippen molar-refractivity contribution in [2.75, 3.05) is 5.75 Å². The summed E-state index contributed by atoms with van der Waals surface area (Å²) in [6, 6.07) is 5.71. The van der Waals surface area contributed by atoms with Crippen LogP contribution in [0, 0.1) is 0 Å². The molecule has 1 N–H and O–H groups in total. The highest BCUT2D eigenvalue weighted by molar-refractivity contribution is 7.99. The molecule has 0 radical (unpaired) electrons. The summed E-state index contributed by atoms with van der Waals surface area (Å²) in [6.07, 6.45) is 0. The lowest BCUT2D eigenvalue weighted by Crippen LogP contribution is -1.92. The summed E-state index contributed by atoms with van der Waals surface area (Å²) < 4.78 is 4.93. The number of thioether (sulfide) groups is 1. The number of H-pyrrole nitrogens is 1. The third kappa shape index (κ3) is 1.62. The van der Waals surface area contributed by atoms with E-state index in [1.807, 2.05) is 18.2 Å². The Bertz CT molecular complexity index is 472. The third-order valence-electron chi connectivity index (χ3n) is 1.70. The number of rotatable bonds is 2. The van der Waals surface area contributed by atoms with E-state index in [-0.39, 0.29) is 0 Å². The van der Waals surface area contributed by atoms with Crippen LogP contribution >= 0.6 is 11.8 Å². The topological polar surface area (TPSA) is 46.0 Å². The van der Waals surface area contributed by atoms with E-state index in [0.717, 1.165) is 16.2 Å². The Hall–Kier alpha value is -1.16. The van der Waals surface area contributed by atoms with Crippen molar-refractivity contribution in [3.63, 3.8) is 0 Å². The van der Waals surface area contributed by atoms with E-state index in [0.29, 0.717) is 5.58 Å². The Balaban J connectivity index is 2.54. The van der Waals surface area contributed by atoms with Crippen LogP contribution in [0.5, 0.6) is 0 Å². The predicted octanol–water partition coefficient (Wildman–Crippen LogP) is 2.23. The highest BCUT2D eigenvalue weighted by Gasteiger charge is 2.01. The molecule has 68 valence electrons. The maximum Gasteiger partial charge on any atom is 0.417 e. The maximum atomic E-state index is 10.8. The molecule has 1 heterocycles. The van der Waals surface area contributed by atoms with Gasteiger partial charge in [-0.1, -0.05) is 6.92 Å². The smallest absolute Gasteiger partial charge is 0.408 e. The minimum Gasteiger partial charge on any atom is -0.408 e. The van der Waals surface area contributed by atoms with Gasteiger partial charge in [0.15, 0.2) is 5.58 Å². The van der Waals surface area contributed by atoms with Crippen LogP contribution in [0.4, 0.5) is 0 Å². The molecule has 1 aromatic carbocycles. The zero-order valence-corrected chi connectivity index (χ0v) is 7.98. The summed E-state index contributed by atoms with van der Waals surface area (Å²) in [5.41, 5.74) is 1.38. The van der Waals surface area contributed by atoms with Gasteiger partial charge in [0, 0.05) is 4.90 Å². The highest BCUT2D eigenvalue weighted by atomic mass is 32.2. The first kappa shape index (κ1) is 8.44. The molecule has 0 aliphatic rings. The minimum absolute atomic E-state index is 0.395. The second-order valence-corrected chi connectivity index (χ2v) is 3.94. The van der Waals surface area contributed by atoms with Gasteiger partial charge in [0.25, 0.3) is 0 Å². The van der Waals surface area contributed by atoms with Gasteiger partial charge >= 0.3 is 5.76 Å². The van der Waals surface area contributed by atoms with Crippen LogP contribution in [0.15, 0.2) is 32.3 Å². The fourth-order valence-corrected chi connectivity index (χ4v) is 1.87. The van der Waals surface area contributed by atoms with Crippen LogP contribution in [0.2, 0.25) is 0 Å². The van der Waals surface area contributed by atoms with E-state index in [9.17, 15) is 4.79 Å². The number of benzene rings is 1. The maximum absolute atomic E-state index is 10.8. The Morgan fingerprint density at radius 3 is 3.15 bits per heavy atom. The van der Waals surface area contributed by atoms with Crippen LogP contribution in [-0.4, -0.2) is 10.7 Å². The average molecular weight is 195 g/mol. The van der Waals surface area contributed by atoms with Crippen LogP contribution in [0.1, 0.15) is 6.92 Å². The lowest BCUT2D eigenvalue weighted by Gasteiger charge is -1.95. The van der Waals surface area contributed by atoms with Gasteiger partial charge in [0.1, 0.15) is 0 Å². The first-order chi connectivity index (χ1) is 6.29. The van der Waals surface area contributed by atoms with Crippen LogP contribution < -0.4 is 5.76 Å². The Labute approximate surface area is 79.1 Å². The van der Waals surface area contributed by atoms with Gasteiger partial charge in [-0.25, -0.2) is 4.79 Å². The molecule has 0 spiro atoms. The Morgan fingerprint density at radius 1 is 1.54 bits per heavy atom. The van der Waals surface area contributed by atoms with E-state index in [2.05, 4.69) is 11.9 Å². The first-order valence-electron chi connectivity index (χ1n) is 4.05. The average Bonchev–Trinajstić information content (AvgIpc) is 2.44. The van der Waals surface area contributed by atoms with Crippen molar-refractivity contribution in [3.8, 4) is 0 Å². The molecule has 3 nitrogen and oxygen atoms in total. The second kappa shape index (κ2) is 3.30. The monoisotopic (exact) mass is 195 g/mol. The van der Waals surface area contributed by atoms with Crippen molar-refractivity contribution in [2.24, 2.45) is 0 Å². The standard InChI is InChI=1S/C9H9NO2S/c1-2-13-6-3-4-7-8(5-6)12-9(11)10-7/h3-5H,2H2,1H3,(H,10,11). The number of hydrogen-bond acceptors (Lipinski definition) is 3. The lowest BCUT2D eigenvalue weighted by atomic mass is 10.3. The zero-order chi connectivity index (χ0) is 9.26. The predicted molar refractivity (Wildman–Crippen MR) is 53.2 cm³/mol. The van der Waals surface area contributed by atoms with Gasteiger partial charge in [-0.3, -0.25) is 4.98 Å². The largest absolute Gasteiger partial charge is 0.417 e. The molecule has 0 aliphatic heterocycles. The van der Waals surface area contributed by atoms with Crippen molar-refractivity contribution >= 4 is 22.9 Å². The van der Waals surface area contributed by atoms with Gasteiger partial charge in [0.2, 0.25) is 0 Å². The van der Waals surface area contributed by atoms with Crippen molar-refractivity contribution in [1.82, 2.24) is 4.98 Å². The molecule has 13 heavy (non-hydrogen) atoms. The van der Waals surface area contributed by atoms with Gasteiger partial charge in [0.05, 0.1) is 5.52 Å². The third-order valence-corrected chi connectivity index (χ3v) is 2.58. The van der Waals surface area contributed by atoms with Gasteiger partial charge < -0.3 is 4.42 Å². The van der Waals surface area contributed by atoms with E-state index in [4.69, 9.17) is 4.42 Å². The molecule has 0 saturated carbocycles. The van der Waals surface area contributed by atoms with Gasteiger partial charge in [-0.15, -0.1) is 11.8 Å². The second-order valence-electron chi connectivity index (χ2n) is 2.61. The lowest BCUT2D eigenvalue weighted by molar-refractivity contribution is 0.555. The van der Waals surface area contributed by atoms with Crippen molar-refractivity contribution in [1.29, 1.82) is 0 Å². The Morgan fingerprint density at radius 2 is 2.38 bits per heavy atom. The molecular weight excluding hydrogens is 186 g/mol. The summed E-state index contributed by atoms with van der Waals surface area (Å²) in [6.45, 7) is 2.09. The Kier molecular flexibility index (Phi) is 2.14. The minimum atomic E-state index is -0.395. The number of hydrogen-bond donors (Lipinski definition) is 1. The molecule has 0 bridgehead atoms. The molecule has 0 amide bonds. The van der Waals surface area contributed by atoms with Gasteiger partial charge in [-0.2, -0.15) is 0 Å². The molecular formula is C9H9NO2S. The van der Waals surface area contributed by atoms with E-state index in [1.54, 1.807) is 11.8 Å². The molecule has 0 atom stereocenters. The van der Waals surface area contributed by atoms with E-state index in [1.165, 1.54) is 0 Å². The van der Waals surface area contributed by atoms with Crippen LogP contribution in [-0.2, 0) is 0 Å². The highest BCUT2D eigenvalue weighted by Crippen LogP contribution is 2.21. The van der Waals surface area contributed by atoms with Crippen LogP contribution in [0.3, 0.4) is 0 Å². The molecule has 0 aliphatic carbocycles. The number of oxazole rings is 1. The summed E-state index contributed by atoms with van der Waals surface area (Å²) in [5.74, 6) is 0.619. The summed E-state index contributed by atoms with van der Waals surface area (Å²) in [7, 11) is 0. The van der Waals surface area contributed by atoms with Crippen LogP contribution in [0.25, 0.3) is 11.1 Å². The number of fused-ring (bicyclic) bond motifs is 1. The summed E-state index contributed by atoms with van der Waals surface area (Å²) >= 11 is 1.72. The normalized spacial score (nSPS) is 10.8. The molecule has 1 aromatic heterocycles. The number of aromatic nitrogens is 1. The first-order valence-corrected chi connectivity index (χ1v) is 5.04. The quantitative estimate of drug-likeness (QED) is 0.747.